The molecule has 0 aliphatic carbocycles. The number of benzene rings is 3. The van der Waals surface area contributed by atoms with Gasteiger partial charge >= 0.3 is 33.4 Å². The number of alkyl halides is 9. The summed E-state index contributed by atoms with van der Waals surface area (Å²) in [5.74, 6) is -15.6. The second kappa shape index (κ2) is 18.2. The molecule has 0 aliphatic rings. The summed E-state index contributed by atoms with van der Waals surface area (Å²) in [6.45, 7) is 4.54. The Kier molecular flexibility index (Phi) is 15.7. The highest BCUT2D eigenvalue weighted by atomic mass is 32.2. The molecule has 0 fully saturated rings. The first kappa shape index (κ1) is 41.3. The van der Waals surface area contributed by atoms with Crippen LogP contribution in [-0.2, 0) is 23.0 Å². The van der Waals surface area contributed by atoms with Gasteiger partial charge in [0.25, 0.3) is 0 Å². The first-order chi connectivity index (χ1) is 22.4. The Bertz CT molecular complexity index is 1410. The number of aryl methyl sites for hydroxylation is 2. The van der Waals surface area contributed by atoms with Crippen LogP contribution in [0.25, 0.3) is 0 Å². The fourth-order valence-corrected chi connectivity index (χ4v) is 6.00. The van der Waals surface area contributed by atoms with Gasteiger partial charge < -0.3 is 4.18 Å². The molecule has 3 rings (SSSR count). The van der Waals surface area contributed by atoms with Gasteiger partial charge in [0, 0.05) is 9.79 Å². The highest BCUT2D eigenvalue weighted by Gasteiger charge is 2.86. The molecule has 268 valence electrons. The Labute approximate surface area is 280 Å². The lowest BCUT2D eigenvalue weighted by atomic mass is 10.1. The number of para-hydroxylation sites is 1. The molecular formula is C34H39F9O3S2. The molecule has 0 spiro atoms. The summed E-state index contributed by atoms with van der Waals surface area (Å²) in [6.07, 6.45) is 6.03. The van der Waals surface area contributed by atoms with E-state index in [0.29, 0.717) is 12.1 Å². The van der Waals surface area contributed by atoms with Gasteiger partial charge in [0.1, 0.15) is 5.75 Å². The highest BCUT2D eigenvalue weighted by Crippen LogP contribution is 2.55. The first-order valence-electron chi connectivity index (χ1n) is 15.4. The van der Waals surface area contributed by atoms with Gasteiger partial charge in [-0.05, 0) is 73.2 Å². The summed E-state index contributed by atoms with van der Waals surface area (Å²) >= 11 is 1.87. The molecule has 14 heteroatoms. The quantitative estimate of drug-likeness (QED) is 0.0788. The van der Waals surface area contributed by atoms with Crippen molar-refractivity contribution >= 4 is 21.9 Å². The molecule has 3 aromatic rings. The standard InChI is InChI=1S/C24H34S.C10H5F9O3S/c1-3-5-7-9-11-21-13-17-23(18-14-21)25-24-19-15-22(16-20-24)12-10-8-6-4-2;11-7(12,9(15,16)17)8(13,14)10(18,19)23(20,21)22-6-4-2-1-3-5-6/h13-20H,3-12H2,1-2H3;1-5H. The normalized spacial score (nSPS) is 12.7. The molecule has 0 bridgehead atoms. The molecule has 0 heterocycles. The molecule has 0 amide bonds. The van der Waals surface area contributed by atoms with Crippen molar-refractivity contribution in [1.29, 1.82) is 0 Å². The van der Waals surface area contributed by atoms with Crippen LogP contribution >= 0.6 is 11.8 Å². The third-order valence-corrected chi connectivity index (χ3v) is 9.41. The van der Waals surface area contributed by atoms with Gasteiger partial charge in [0.2, 0.25) is 0 Å². The fourth-order valence-electron chi connectivity index (χ4n) is 4.27. The van der Waals surface area contributed by atoms with Crippen molar-refractivity contribution in [3.05, 3.63) is 90.0 Å². The zero-order valence-electron chi connectivity index (χ0n) is 26.5. The van der Waals surface area contributed by atoms with E-state index in [1.54, 1.807) is 0 Å². The maximum absolute atomic E-state index is 13.2. The van der Waals surface area contributed by atoms with Crippen LogP contribution in [0.2, 0.25) is 0 Å². The SMILES string of the molecule is CCCCCCc1ccc(Sc2ccc(CCCCCC)cc2)cc1.O=S(=O)(Oc1ccccc1)C(F)(F)C(F)(F)C(F)(F)C(F)(F)F. The third kappa shape index (κ3) is 11.3. The molecule has 0 N–H and O–H groups in total. The molecule has 0 unspecified atom stereocenters. The van der Waals surface area contributed by atoms with Crippen LogP contribution in [-0.4, -0.2) is 31.7 Å². The number of rotatable bonds is 17. The maximum atomic E-state index is 13.2. The van der Waals surface area contributed by atoms with E-state index in [9.17, 15) is 47.9 Å². The predicted molar refractivity (Wildman–Crippen MR) is 170 cm³/mol. The molecule has 0 radical (unpaired) electrons. The van der Waals surface area contributed by atoms with Crippen LogP contribution in [0.15, 0.2) is 88.7 Å². The Balaban J connectivity index is 0.000000335. The van der Waals surface area contributed by atoms with Crippen molar-refractivity contribution in [1.82, 2.24) is 0 Å². The van der Waals surface area contributed by atoms with E-state index < -0.39 is 39.1 Å². The van der Waals surface area contributed by atoms with E-state index in [4.69, 9.17) is 0 Å². The van der Waals surface area contributed by atoms with Crippen LogP contribution in [0, 0.1) is 0 Å². The van der Waals surface area contributed by atoms with Crippen molar-refractivity contribution in [3.8, 4) is 5.75 Å². The van der Waals surface area contributed by atoms with Crippen molar-refractivity contribution in [3.63, 3.8) is 0 Å². The monoisotopic (exact) mass is 730 g/mol. The van der Waals surface area contributed by atoms with Crippen LogP contribution in [0.5, 0.6) is 5.75 Å². The second-order valence-electron chi connectivity index (χ2n) is 11.0. The Morgan fingerprint density at radius 2 is 0.979 bits per heavy atom. The van der Waals surface area contributed by atoms with Crippen LogP contribution in [0.3, 0.4) is 0 Å². The van der Waals surface area contributed by atoms with Crippen LogP contribution in [0.1, 0.15) is 76.3 Å². The van der Waals surface area contributed by atoms with E-state index in [0.717, 1.165) is 12.1 Å². The van der Waals surface area contributed by atoms with E-state index in [1.165, 1.54) is 91.2 Å². The molecule has 0 saturated heterocycles. The largest absolute Gasteiger partial charge is 0.460 e. The fraction of sp³-hybridized carbons (Fsp3) is 0.471. The average molecular weight is 731 g/mol. The van der Waals surface area contributed by atoms with Crippen LogP contribution in [0.4, 0.5) is 39.5 Å². The minimum Gasteiger partial charge on any atom is -0.378 e. The topological polar surface area (TPSA) is 43.4 Å². The van der Waals surface area contributed by atoms with Crippen molar-refractivity contribution in [2.45, 2.75) is 111 Å². The summed E-state index contributed by atoms with van der Waals surface area (Å²) in [6, 6.07) is 22.9. The molecule has 0 atom stereocenters. The van der Waals surface area contributed by atoms with Gasteiger partial charge in [-0.3, -0.25) is 0 Å². The zero-order chi connectivity index (χ0) is 36.1. The zero-order valence-corrected chi connectivity index (χ0v) is 28.2. The average Bonchev–Trinajstić information content (AvgIpc) is 3.03. The first-order valence-corrected chi connectivity index (χ1v) is 17.7. The molecule has 0 saturated carbocycles. The summed E-state index contributed by atoms with van der Waals surface area (Å²) < 4.78 is 139. The summed E-state index contributed by atoms with van der Waals surface area (Å²) in [5.41, 5.74) is 2.95. The smallest absolute Gasteiger partial charge is 0.378 e. The Morgan fingerprint density at radius 3 is 1.35 bits per heavy atom. The second-order valence-corrected chi connectivity index (χ2v) is 13.8. The lowest BCUT2D eigenvalue weighted by Gasteiger charge is -2.32. The molecule has 0 aliphatic heterocycles. The summed E-state index contributed by atoms with van der Waals surface area (Å²) in [4.78, 5) is 2.68. The van der Waals surface area contributed by atoms with Crippen molar-refractivity contribution < 1.29 is 52.1 Å². The molecule has 3 aromatic carbocycles. The minimum absolute atomic E-state index is 0.674. The lowest BCUT2D eigenvalue weighted by Crippen LogP contribution is -2.63. The minimum atomic E-state index is -7.32. The number of hydrogen-bond donors (Lipinski definition) is 0. The lowest BCUT2D eigenvalue weighted by molar-refractivity contribution is -0.382. The van der Waals surface area contributed by atoms with Gasteiger partial charge in [0.15, 0.2) is 0 Å². The Hall–Kier alpha value is -2.87. The van der Waals surface area contributed by atoms with Gasteiger partial charge in [-0.15, -0.1) is 0 Å². The summed E-state index contributed by atoms with van der Waals surface area (Å²) in [5, 5.41) is -6.87. The van der Waals surface area contributed by atoms with Gasteiger partial charge in [-0.2, -0.15) is 47.9 Å². The van der Waals surface area contributed by atoms with Crippen molar-refractivity contribution in [2.24, 2.45) is 0 Å². The summed E-state index contributed by atoms with van der Waals surface area (Å²) in [7, 11) is -6.88. The van der Waals surface area contributed by atoms with Gasteiger partial charge in [0.05, 0.1) is 0 Å². The number of halogens is 9. The molecular weight excluding hydrogens is 691 g/mol. The third-order valence-electron chi connectivity index (χ3n) is 7.10. The predicted octanol–water partition coefficient (Wildman–Crippen LogP) is 11.9. The van der Waals surface area contributed by atoms with Gasteiger partial charge in [-0.25, -0.2) is 0 Å². The number of hydrogen-bond acceptors (Lipinski definition) is 4. The van der Waals surface area contributed by atoms with E-state index in [1.807, 2.05) is 11.8 Å². The van der Waals surface area contributed by atoms with Gasteiger partial charge in [-0.1, -0.05) is 107 Å². The molecule has 3 nitrogen and oxygen atoms in total. The molecule has 48 heavy (non-hydrogen) atoms. The molecule has 0 aromatic heterocycles. The van der Waals surface area contributed by atoms with E-state index in [-0.39, 0.29) is 0 Å². The number of unbranched alkanes of at least 4 members (excludes halogenated alkanes) is 6. The van der Waals surface area contributed by atoms with Crippen LogP contribution < -0.4 is 4.18 Å². The van der Waals surface area contributed by atoms with E-state index in [2.05, 4.69) is 66.6 Å². The van der Waals surface area contributed by atoms with Crippen molar-refractivity contribution in [2.75, 3.05) is 0 Å². The highest BCUT2D eigenvalue weighted by molar-refractivity contribution is 7.99. The van der Waals surface area contributed by atoms with E-state index >= 15 is 0 Å². The Morgan fingerprint density at radius 1 is 0.562 bits per heavy atom. The maximum Gasteiger partial charge on any atom is 0.460 e.